The monoisotopic (exact) mass is 368 g/mol. The first kappa shape index (κ1) is 18.0. The maximum Gasteiger partial charge on any atom is 0.242 e. The Morgan fingerprint density at radius 3 is 2.67 bits per heavy atom. The average molecular weight is 368 g/mol. The molecule has 3 aliphatic rings. The van der Waals surface area contributed by atoms with Crippen LogP contribution in [0.1, 0.15) is 29.9 Å². The normalized spacial score (nSPS) is 26.7. The summed E-state index contributed by atoms with van der Waals surface area (Å²) in [5.41, 5.74) is 1.97. The number of aliphatic hydroxyl groups excluding tert-OH is 1. The van der Waals surface area contributed by atoms with E-state index in [9.17, 15) is 14.7 Å². The number of hydrogen-bond acceptors (Lipinski definition) is 4. The smallest absolute Gasteiger partial charge is 0.242 e. The number of benzene rings is 1. The molecule has 4 rings (SSSR count). The van der Waals surface area contributed by atoms with Crippen LogP contribution in [0.4, 0.5) is 0 Å². The van der Waals surface area contributed by atoms with E-state index >= 15 is 0 Å². The largest absolute Gasteiger partial charge is 0.394 e. The summed E-state index contributed by atoms with van der Waals surface area (Å²) < 4.78 is 4.93. The van der Waals surface area contributed by atoms with Crippen molar-refractivity contribution in [1.82, 2.24) is 9.80 Å². The first-order chi connectivity index (χ1) is 13.1. The van der Waals surface area contributed by atoms with E-state index < -0.39 is 0 Å². The fourth-order valence-corrected chi connectivity index (χ4v) is 4.25. The molecule has 6 nitrogen and oxygen atoms in total. The maximum atomic E-state index is 12.6. The quantitative estimate of drug-likeness (QED) is 0.790. The number of methoxy groups -OCH3 is 1. The van der Waals surface area contributed by atoms with E-state index in [4.69, 9.17) is 4.74 Å². The molecular weight excluding hydrogens is 344 g/mol. The van der Waals surface area contributed by atoms with Crippen LogP contribution in [0.15, 0.2) is 24.3 Å². The highest BCUT2D eigenvalue weighted by Gasteiger charge is 2.55. The fourth-order valence-electron chi connectivity index (χ4n) is 4.25. The number of carbonyl (C=O) groups is 2. The van der Waals surface area contributed by atoms with Gasteiger partial charge in [0.1, 0.15) is 6.61 Å². The zero-order valence-electron chi connectivity index (χ0n) is 15.4. The Morgan fingerprint density at radius 2 is 2.04 bits per heavy atom. The Labute approximate surface area is 159 Å². The molecule has 27 heavy (non-hydrogen) atoms. The third-order valence-corrected chi connectivity index (χ3v) is 5.74. The Hall–Kier alpha value is -2.36. The molecule has 1 aromatic rings. The summed E-state index contributed by atoms with van der Waals surface area (Å²) in [6, 6.07) is 7.64. The summed E-state index contributed by atoms with van der Waals surface area (Å²) in [5.74, 6) is 6.16. The lowest BCUT2D eigenvalue weighted by atomic mass is 9.73. The Kier molecular flexibility index (Phi) is 4.90. The molecule has 0 aromatic heterocycles. The minimum absolute atomic E-state index is 0.0368. The van der Waals surface area contributed by atoms with Crippen molar-refractivity contribution in [2.75, 3.05) is 33.4 Å². The number of amides is 2. The number of rotatable bonds is 4. The van der Waals surface area contributed by atoms with Gasteiger partial charge in [-0.25, -0.2) is 0 Å². The number of ether oxygens (including phenoxy) is 1. The molecule has 1 saturated carbocycles. The van der Waals surface area contributed by atoms with Gasteiger partial charge >= 0.3 is 0 Å². The molecule has 0 radical (unpaired) electrons. The van der Waals surface area contributed by atoms with Gasteiger partial charge in [0.05, 0.1) is 25.2 Å². The van der Waals surface area contributed by atoms with Crippen LogP contribution in [0.3, 0.4) is 0 Å². The van der Waals surface area contributed by atoms with E-state index in [0.29, 0.717) is 13.2 Å². The molecule has 1 N–H and O–H groups in total. The van der Waals surface area contributed by atoms with E-state index in [0.717, 1.165) is 24.0 Å². The second-order valence-corrected chi connectivity index (χ2v) is 7.49. The molecule has 1 aliphatic carbocycles. The van der Waals surface area contributed by atoms with E-state index in [-0.39, 0.29) is 48.9 Å². The predicted molar refractivity (Wildman–Crippen MR) is 98.7 cm³/mol. The van der Waals surface area contributed by atoms with E-state index in [1.54, 1.807) is 16.9 Å². The molecule has 0 bridgehead atoms. The lowest BCUT2D eigenvalue weighted by molar-refractivity contribution is -0.167. The number of hydrogen-bond donors (Lipinski definition) is 1. The van der Waals surface area contributed by atoms with Crippen LogP contribution in [0, 0.1) is 17.8 Å². The highest BCUT2D eigenvalue weighted by atomic mass is 16.5. The minimum Gasteiger partial charge on any atom is -0.394 e. The third kappa shape index (κ3) is 3.33. The van der Waals surface area contributed by atoms with Crippen molar-refractivity contribution in [1.29, 1.82) is 0 Å². The van der Waals surface area contributed by atoms with Crippen molar-refractivity contribution in [3.05, 3.63) is 35.4 Å². The lowest BCUT2D eigenvalue weighted by Crippen LogP contribution is -2.73. The number of piperazine rings is 1. The molecule has 3 fully saturated rings. The summed E-state index contributed by atoms with van der Waals surface area (Å²) in [5, 5.41) is 9.83. The van der Waals surface area contributed by atoms with Gasteiger partial charge in [-0.05, 0) is 30.5 Å². The van der Waals surface area contributed by atoms with Gasteiger partial charge in [-0.1, -0.05) is 24.0 Å². The van der Waals surface area contributed by atoms with E-state index in [1.807, 2.05) is 24.3 Å². The predicted octanol–water partition coefficient (Wildman–Crippen LogP) is 0.592. The van der Waals surface area contributed by atoms with Crippen molar-refractivity contribution >= 4 is 11.8 Å². The van der Waals surface area contributed by atoms with Gasteiger partial charge in [0.15, 0.2) is 0 Å². The highest BCUT2D eigenvalue weighted by molar-refractivity contribution is 5.89. The number of aliphatic hydroxyl groups is 1. The standard InChI is InChI=1S/C21H24N2O4/c1-27-10-2-3-14-4-6-15(7-5-14)20-17-11-22(21(26)16-8-9-16)12-19(25)23(17)18(20)13-24/h4-7,16-18,20,24H,8-13H2,1H3/t17-,18-,20+/m0/s1. The van der Waals surface area contributed by atoms with Crippen LogP contribution in [0.25, 0.3) is 0 Å². The van der Waals surface area contributed by atoms with Gasteiger partial charge in [0.25, 0.3) is 0 Å². The Morgan fingerprint density at radius 1 is 1.30 bits per heavy atom. The van der Waals surface area contributed by atoms with Gasteiger partial charge in [-0.2, -0.15) is 0 Å². The zero-order chi connectivity index (χ0) is 19.0. The van der Waals surface area contributed by atoms with Crippen LogP contribution in [-0.4, -0.2) is 72.2 Å². The molecule has 0 unspecified atom stereocenters. The number of nitrogens with zero attached hydrogens (tertiary/aromatic N) is 2. The molecule has 3 atom stereocenters. The van der Waals surface area contributed by atoms with Crippen LogP contribution in [0.5, 0.6) is 0 Å². The first-order valence-corrected chi connectivity index (χ1v) is 9.42. The summed E-state index contributed by atoms with van der Waals surface area (Å²) in [6.07, 6.45) is 1.87. The van der Waals surface area contributed by atoms with Gasteiger partial charge < -0.3 is 19.6 Å². The fraction of sp³-hybridized carbons (Fsp3) is 0.524. The molecule has 1 aromatic carbocycles. The highest BCUT2D eigenvalue weighted by Crippen LogP contribution is 2.43. The van der Waals surface area contributed by atoms with Crippen LogP contribution in [-0.2, 0) is 14.3 Å². The van der Waals surface area contributed by atoms with Crippen molar-refractivity contribution in [2.45, 2.75) is 30.8 Å². The average Bonchev–Trinajstić information content (AvgIpc) is 3.49. The van der Waals surface area contributed by atoms with Crippen LogP contribution in [0.2, 0.25) is 0 Å². The summed E-state index contributed by atoms with van der Waals surface area (Å²) in [6.45, 7) is 1.01. The van der Waals surface area contributed by atoms with Crippen molar-refractivity contribution in [3.63, 3.8) is 0 Å². The van der Waals surface area contributed by atoms with Gasteiger partial charge in [0, 0.05) is 31.1 Å². The van der Waals surface area contributed by atoms with E-state index in [1.165, 1.54) is 0 Å². The van der Waals surface area contributed by atoms with Crippen molar-refractivity contribution < 1.29 is 19.4 Å². The van der Waals surface area contributed by atoms with Gasteiger partial charge in [-0.15, -0.1) is 0 Å². The molecule has 2 amide bonds. The molecule has 142 valence electrons. The summed E-state index contributed by atoms with van der Waals surface area (Å²) in [7, 11) is 1.61. The number of fused-ring (bicyclic) bond motifs is 1. The number of carbonyl (C=O) groups excluding carboxylic acids is 2. The third-order valence-electron chi connectivity index (χ3n) is 5.74. The van der Waals surface area contributed by atoms with E-state index in [2.05, 4.69) is 11.8 Å². The molecule has 0 spiro atoms. The van der Waals surface area contributed by atoms with Crippen LogP contribution < -0.4 is 0 Å². The molecule has 6 heteroatoms. The second-order valence-electron chi connectivity index (χ2n) is 7.49. The van der Waals surface area contributed by atoms with Crippen molar-refractivity contribution in [2.24, 2.45) is 5.92 Å². The SMILES string of the molecule is COCC#Cc1ccc([C@H]2[C@H](CO)N3C(=O)CN(C(=O)C4CC4)C[C@@H]23)cc1. The first-order valence-electron chi connectivity index (χ1n) is 9.42. The lowest BCUT2D eigenvalue weighted by Gasteiger charge is -2.58. The second kappa shape index (κ2) is 7.34. The zero-order valence-corrected chi connectivity index (χ0v) is 15.4. The molecule has 2 saturated heterocycles. The van der Waals surface area contributed by atoms with Crippen molar-refractivity contribution in [3.8, 4) is 11.8 Å². The molecule has 2 heterocycles. The summed E-state index contributed by atoms with van der Waals surface area (Å²) >= 11 is 0. The van der Waals surface area contributed by atoms with Gasteiger partial charge in [-0.3, -0.25) is 9.59 Å². The maximum absolute atomic E-state index is 12.6. The summed E-state index contributed by atoms with van der Waals surface area (Å²) in [4.78, 5) is 28.5. The van der Waals surface area contributed by atoms with Crippen LogP contribution >= 0.6 is 0 Å². The van der Waals surface area contributed by atoms with Gasteiger partial charge in [0.2, 0.25) is 11.8 Å². The Bertz CT molecular complexity index is 791. The molecular formula is C21H24N2O4. The topological polar surface area (TPSA) is 70.1 Å². The minimum atomic E-state index is -0.217. The molecule has 2 aliphatic heterocycles. The Balaban J connectivity index is 1.52.